The molecule has 168 valence electrons. The van der Waals surface area contributed by atoms with E-state index in [0.717, 1.165) is 23.9 Å². The van der Waals surface area contributed by atoms with Crippen molar-refractivity contribution in [2.75, 3.05) is 36.4 Å². The van der Waals surface area contributed by atoms with Gasteiger partial charge in [0.25, 0.3) is 0 Å². The van der Waals surface area contributed by atoms with Crippen LogP contribution >= 0.6 is 0 Å². The van der Waals surface area contributed by atoms with Gasteiger partial charge in [-0.1, -0.05) is 13.8 Å². The normalized spacial score (nSPS) is 16.2. The monoisotopic (exact) mass is 436 g/mol. The van der Waals surface area contributed by atoms with Crippen molar-refractivity contribution in [3.05, 3.63) is 48.4 Å². The molecule has 32 heavy (non-hydrogen) atoms. The number of rotatable bonds is 6. The summed E-state index contributed by atoms with van der Waals surface area (Å²) in [6.07, 6.45) is 6.00. The third kappa shape index (κ3) is 4.57. The molecule has 1 amide bonds. The summed E-state index contributed by atoms with van der Waals surface area (Å²) in [6, 6.07) is 6.52. The average molecular weight is 437 g/mol. The Labute approximate surface area is 186 Å². The minimum atomic E-state index is -0.896. The van der Waals surface area contributed by atoms with Crippen LogP contribution in [0.15, 0.2) is 42.9 Å². The highest BCUT2D eigenvalue weighted by Crippen LogP contribution is 2.31. The highest BCUT2D eigenvalue weighted by molar-refractivity contribution is 5.96. The molecule has 0 bridgehead atoms. The first-order valence-corrected chi connectivity index (χ1v) is 10.8. The van der Waals surface area contributed by atoms with E-state index in [2.05, 4.69) is 25.2 Å². The van der Waals surface area contributed by atoms with Crippen LogP contribution in [0.3, 0.4) is 0 Å². The molecule has 1 aliphatic rings. The number of amides is 1. The van der Waals surface area contributed by atoms with E-state index in [1.807, 2.05) is 36.9 Å². The Bertz CT molecular complexity index is 1100. The number of aromatic nitrogens is 3. The molecule has 1 saturated heterocycles. The molecule has 0 spiro atoms. The summed E-state index contributed by atoms with van der Waals surface area (Å²) in [7, 11) is 0. The first-order chi connectivity index (χ1) is 15.4. The summed E-state index contributed by atoms with van der Waals surface area (Å²) >= 11 is 0. The Balaban J connectivity index is 1.59. The van der Waals surface area contributed by atoms with E-state index in [4.69, 9.17) is 0 Å². The molecule has 4 rings (SSSR count). The number of anilines is 2. The second-order valence-electron chi connectivity index (χ2n) is 8.31. The minimum absolute atomic E-state index is 0.0769. The molecule has 9 nitrogen and oxygen atoms in total. The largest absolute Gasteiger partial charge is 0.480 e. The summed E-state index contributed by atoms with van der Waals surface area (Å²) in [5, 5.41) is 13.9. The van der Waals surface area contributed by atoms with Crippen molar-refractivity contribution in [1.29, 1.82) is 0 Å². The van der Waals surface area contributed by atoms with Crippen LogP contribution in [0.5, 0.6) is 0 Å². The highest BCUT2D eigenvalue weighted by atomic mass is 16.4. The second kappa shape index (κ2) is 9.35. The fourth-order valence-corrected chi connectivity index (χ4v) is 4.07. The van der Waals surface area contributed by atoms with Crippen LogP contribution < -0.4 is 10.2 Å². The van der Waals surface area contributed by atoms with E-state index in [-0.39, 0.29) is 11.8 Å². The van der Waals surface area contributed by atoms with E-state index in [1.54, 1.807) is 24.7 Å². The first-order valence-electron chi connectivity index (χ1n) is 10.8. The third-order valence-corrected chi connectivity index (χ3v) is 5.76. The standard InChI is InChI=1S/C23H28N6O3/c1-15(2)21(30)27-16-5-6-19-17(13-16)18(14-26-19)20(22(31)32)28-9-4-10-29(12-11-28)23-24-7-3-8-25-23/h3,5-8,13-15,20,26H,4,9-12H2,1-2H3,(H,27,30)(H,31,32). The molecule has 3 aromatic rings. The molecule has 0 aliphatic carbocycles. The van der Waals surface area contributed by atoms with E-state index in [0.29, 0.717) is 36.8 Å². The van der Waals surface area contributed by atoms with Crippen LogP contribution in [0.4, 0.5) is 11.6 Å². The van der Waals surface area contributed by atoms with Crippen molar-refractivity contribution in [1.82, 2.24) is 19.9 Å². The highest BCUT2D eigenvalue weighted by Gasteiger charge is 2.31. The number of benzene rings is 1. The molecule has 9 heteroatoms. The molecule has 3 N–H and O–H groups in total. The number of nitrogens with zero attached hydrogens (tertiary/aromatic N) is 4. The molecular formula is C23H28N6O3. The van der Waals surface area contributed by atoms with Crippen LogP contribution in [0.2, 0.25) is 0 Å². The van der Waals surface area contributed by atoms with Crippen LogP contribution in [0, 0.1) is 5.92 Å². The zero-order valence-corrected chi connectivity index (χ0v) is 18.3. The minimum Gasteiger partial charge on any atom is -0.480 e. The molecule has 1 aromatic carbocycles. The SMILES string of the molecule is CC(C)C(=O)Nc1ccc2[nH]cc(C(C(=O)O)N3CCCN(c4ncccn4)CC3)c2c1. The van der Waals surface area contributed by atoms with Crippen LogP contribution in [-0.4, -0.2) is 63.0 Å². The van der Waals surface area contributed by atoms with Crippen molar-refractivity contribution in [2.45, 2.75) is 26.3 Å². The fourth-order valence-electron chi connectivity index (χ4n) is 4.07. The molecule has 1 atom stereocenters. The Morgan fingerprint density at radius 1 is 1.12 bits per heavy atom. The van der Waals surface area contributed by atoms with E-state index in [9.17, 15) is 14.7 Å². The Kier molecular flexibility index (Phi) is 6.36. The summed E-state index contributed by atoms with van der Waals surface area (Å²) in [6.45, 7) is 6.30. The number of fused-ring (bicyclic) bond motifs is 1. The van der Waals surface area contributed by atoms with Crippen molar-refractivity contribution >= 4 is 34.4 Å². The van der Waals surface area contributed by atoms with Gasteiger partial charge in [0.15, 0.2) is 0 Å². The Hall–Kier alpha value is -3.46. The summed E-state index contributed by atoms with van der Waals surface area (Å²) < 4.78 is 0. The molecule has 1 fully saturated rings. The number of carbonyl (C=O) groups is 2. The van der Waals surface area contributed by atoms with Gasteiger partial charge in [0.1, 0.15) is 6.04 Å². The fraction of sp³-hybridized carbons (Fsp3) is 0.391. The zero-order valence-electron chi connectivity index (χ0n) is 18.3. The topological polar surface area (TPSA) is 114 Å². The van der Waals surface area contributed by atoms with Gasteiger partial charge < -0.3 is 20.3 Å². The molecule has 2 aromatic heterocycles. The van der Waals surface area contributed by atoms with Crippen LogP contribution in [-0.2, 0) is 9.59 Å². The summed E-state index contributed by atoms with van der Waals surface area (Å²) in [5.74, 6) is -0.449. The number of nitrogens with one attached hydrogen (secondary N) is 2. The maximum absolute atomic E-state index is 12.4. The molecule has 1 unspecified atom stereocenters. The van der Waals surface area contributed by atoms with Gasteiger partial charge in [0.05, 0.1) is 0 Å². The number of aliphatic carboxylic acids is 1. The maximum Gasteiger partial charge on any atom is 0.325 e. The number of carbonyl (C=O) groups excluding carboxylic acids is 1. The van der Waals surface area contributed by atoms with Crippen molar-refractivity contribution in [3.8, 4) is 0 Å². The van der Waals surface area contributed by atoms with Gasteiger partial charge in [-0.3, -0.25) is 14.5 Å². The predicted molar refractivity (Wildman–Crippen MR) is 123 cm³/mol. The Morgan fingerprint density at radius 2 is 1.91 bits per heavy atom. The number of H-pyrrole nitrogens is 1. The Morgan fingerprint density at radius 3 is 2.62 bits per heavy atom. The quantitative estimate of drug-likeness (QED) is 0.544. The first kappa shape index (κ1) is 21.8. The number of hydrogen-bond acceptors (Lipinski definition) is 6. The average Bonchev–Trinajstić information content (AvgIpc) is 3.02. The lowest BCUT2D eigenvalue weighted by molar-refractivity contribution is -0.143. The van der Waals surface area contributed by atoms with Gasteiger partial charge in [-0.2, -0.15) is 0 Å². The lowest BCUT2D eigenvalue weighted by atomic mass is 10.0. The van der Waals surface area contributed by atoms with Crippen LogP contribution in [0.25, 0.3) is 10.9 Å². The van der Waals surface area contributed by atoms with Crippen LogP contribution in [0.1, 0.15) is 31.9 Å². The van der Waals surface area contributed by atoms with E-state index >= 15 is 0 Å². The van der Waals surface area contributed by atoms with Crippen molar-refractivity contribution in [3.63, 3.8) is 0 Å². The number of carboxylic acids is 1. The second-order valence-corrected chi connectivity index (χ2v) is 8.31. The smallest absolute Gasteiger partial charge is 0.325 e. The zero-order chi connectivity index (χ0) is 22.7. The van der Waals surface area contributed by atoms with Gasteiger partial charge >= 0.3 is 5.97 Å². The molecule has 3 heterocycles. The summed E-state index contributed by atoms with van der Waals surface area (Å²) in [4.78, 5) is 40.4. The van der Waals surface area contributed by atoms with Crippen molar-refractivity contribution < 1.29 is 14.7 Å². The van der Waals surface area contributed by atoms with E-state index < -0.39 is 12.0 Å². The summed E-state index contributed by atoms with van der Waals surface area (Å²) in [5.41, 5.74) is 2.19. The number of hydrogen-bond donors (Lipinski definition) is 3. The van der Waals surface area contributed by atoms with Crippen molar-refractivity contribution in [2.24, 2.45) is 5.92 Å². The van der Waals surface area contributed by atoms with E-state index in [1.165, 1.54) is 0 Å². The van der Waals surface area contributed by atoms with Gasteiger partial charge in [-0.25, -0.2) is 9.97 Å². The lowest BCUT2D eigenvalue weighted by Gasteiger charge is -2.27. The van der Waals surface area contributed by atoms with Gasteiger partial charge in [-0.15, -0.1) is 0 Å². The maximum atomic E-state index is 12.4. The van der Waals surface area contributed by atoms with Gasteiger partial charge in [-0.05, 0) is 30.7 Å². The number of carboxylic acid groups (broad SMARTS) is 1. The van der Waals surface area contributed by atoms with Gasteiger partial charge in [0, 0.05) is 72.8 Å². The molecule has 0 radical (unpaired) electrons. The molecule has 0 saturated carbocycles. The van der Waals surface area contributed by atoms with Gasteiger partial charge in [0.2, 0.25) is 11.9 Å². The number of aromatic amines is 1. The lowest BCUT2D eigenvalue weighted by Crippen LogP contribution is -2.37. The predicted octanol–water partition coefficient (Wildman–Crippen LogP) is 2.89. The molecular weight excluding hydrogens is 408 g/mol. The third-order valence-electron chi connectivity index (χ3n) is 5.76. The molecule has 1 aliphatic heterocycles.